The molecule has 0 aliphatic rings. The molecule has 0 saturated carbocycles. The van der Waals surface area contributed by atoms with Gasteiger partial charge in [-0.25, -0.2) is 0 Å². The van der Waals surface area contributed by atoms with E-state index in [0.29, 0.717) is 19.3 Å². The van der Waals surface area contributed by atoms with Gasteiger partial charge in [-0.05, 0) is 116 Å². The average molecular weight is 1070 g/mol. The maximum Gasteiger partial charge on any atom is 0.306 e. The number of rotatable bonds is 58. The summed E-state index contributed by atoms with van der Waals surface area (Å²) in [5, 5.41) is 0. The molecule has 0 saturated heterocycles. The second-order valence-corrected chi connectivity index (χ2v) is 21.3. The first kappa shape index (κ1) is 73.1. The van der Waals surface area contributed by atoms with Crippen LogP contribution < -0.4 is 0 Å². The lowest BCUT2D eigenvalue weighted by molar-refractivity contribution is -0.167. The number of carbonyl (C=O) groups is 3. The molecule has 0 fully saturated rings. The Hall–Kier alpha value is -3.93. The number of hydrogen-bond donors (Lipinski definition) is 0. The summed E-state index contributed by atoms with van der Waals surface area (Å²) in [5.74, 6) is -0.994. The fraction of sp³-hybridized carbons (Fsp3) is 0.704. The van der Waals surface area contributed by atoms with Crippen LogP contribution in [0.3, 0.4) is 0 Å². The highest BCUT2D eigenvalue weighted by atomic mass is 16.6. The monoisotopic (exact) mass is 1070 g/mol. The molecule has 0 N–H and O–H groups in total. The third-order valence-corrected chi connectivity index (χ3v) is 13.7. The molecule has 1 unspecified atom stereocenters. The molecule has 0 heterocycles. The third-order valence-electron chi connectivity index (χ3n) is 13.7. The van der Waals surface area contributed by atoms with E-state index in [1.54, 1.807) is 0 Å². The Bertz CT molecular complexity index is 1560. The van der Waals surface area contributed by atoms with E-state index >= 15 is 0 Å². The second kappa shape index (κ2) is 64.6. The summed E-state index contributed by atoms with van der Waals surface area (Å²) in [7, 11) is 0. The highest BCUT2D eigenvalue weighted by Crippen LogP contribution is 2.16. The number of hydrogen-bond acceptors (Lipinski definition) is 6. The molecule has 0 amide bonds. The van der Waals surface area contributed by atoms with Gasteiger partial charge < -0.3 is 14.2 Å². The summed E-state index contributed by atoms with van der Waals surface area (Å²) in [6.45, 7) is 6.36. The van der Waals surface area contributed by atoms with E-state index in [1.165, 1.54) is 154 Å². The van der Waals surface area contributed by atoms with Crippen LogP contribution in [0, 0.1) is 0 Å². The van der Waals surface area contributed by atoms with E-state index in [1.807, 2.05) is 0 Å². The first-order valence-electron chi connectivity index (χ1n) is 32.4. The van der Waals surface area contributed by atoms with Gasteiger partial charge in [-0.15, -0.1) is 0 Å². The predicted molar refractivity (Wildman–Crippen MR) is 334 cm³/mol. The molecule has 77 heavy (non-hydrogen) atoms. The molecule has 440 valence electrons. The molecule has 0 rings (SSSR count). The van der Waals surface area contributed by atoms with Crippen molar-refractivity contribution in [1.82, 2.24) is 0 Å². The van der Waals surface area contributed by atoms with Crippen molar-refractivity contribution in [2.24, 2.45) is 0 Å². The maximum absolute atomic E-state index is 12.9. The molecule has 1 atom stereocenters. The first-order valence-corrected chi connectivity index (χ1v) is 32.4. The first-order chi connectivity index (χ1) is 38.0. The van der Waals surface area contributed by atoms with Crippen molar-refractivity contribution in [1.29, 1.82) is 0 Å². The van der Waals surface area contributed by atoms with E-state index in [2.05, 4.69) is 130 Å². The summed E-state index contributed by atoms with van der Waals surface area (Å²) in [6, 6.07) is 0. The van der Waals surface area contributed by atoms with E-state index in [4.69, 9.17) is 14.2 Å². The molecular formula is C71H120O6. The Morgan fingerprint density at radius 2 is 0.519 bits per heavy atom. The van der Waals surface area contributed by atoms with Crippen molar-refractivity contribution in [3.05, 3.63) is 109 Å². The van der Waals surface area contributed by atoms with E-state index in [0.717, 1.165) is 103 Å². The lowest BCUT2D eigenvalue weighted by Gasteiger charge is -2.18. The summed E-state index contributed by atoms with van der Waals surface area (Å²) in [4.78, 5) is 38.2. The van der Waals surface area contributed by atoms with Crippen LogP contribution in [-0.4, -0.2) is 37.2 Å². The number of esters is 3. The lowest BCUT2D eigenvalue weighted by atomic mass is 10.0. The fourth-order valence-corrected chi connectivity index (χ4v) is 8.96. The van der Waals surface area contributed by atoms with Crippen LogP contribution in [0.15, 0.2) is 109 Å². The van der Waals surface area contributed by atoms with Crippen molar-refractivity contribution in [3.63, 3.8) is 0 Å². The SMILES string of the molecule is CC/C=C\C/C=C\C/C=C\C/C=C\C/C=C\CCCC(=O)OC(COC(=O)CCCCC/C=C\C/C=C\C/C=C\CC)COC(=O)CCCCCCCCCCCCCCCCCCC/C=C\CCCCCCCCCC. The molecule has 0 spiro atoms. The Morgan fingerprint density at radius 1 is 0.273 bits per heavy atom. The average Bonchev–Trinajstić information content (AvgIpc) is 3.43. The number of unbranched alkanes of at least 4 members (excludes halogenated alkanes) is 29. The Kier molecular flexibility index (Phi) is 61.3. The van der Waals surface area contributed by atoms with Crippen molar-refractivity contribution in [2.45, 2.75) is 309 Å². The Morgan fingerprint density at radius 3 is 0.857 bits per heavy atom. The Labute approximate surface area is 476 Å². The standard InChI is InChI=1S/C71H120O6/c1-4-7-10-13-16-19-22-25-27-29-30-31-32-33-34-35-36-37-38-39-40-42-43-46-49-52-55-58-61-64-70(73)76-67-68(66-75-69(72)63-60-57-54-51-48-45-24-21-18-15-12-9-6-3)77-71(74)65-62-59-56-53-50-47-44-41-28-26-23-20-17-14-11-8-5-2/h8-9,11-12,17-18,20-21,26,28-30,44-45,47-48,53,56,68H,4-7,10,13-16,19,22-25,27,31-43,46,49-52,54-55,57-67H2,1-3H3/b11-8-,12-9-,20-17-,21-18-,28-26-,30-29-,47-44-,48-45-,56-53-. The molecule has 0 aromatic carbocycles. The smallest absolute Gasteiger partial charge is 0.306 e. The summed E-state index contributed by atoms with van der Waals surface area (Å²) in [5.41, 5.74) is 0. The van der Waals surface area contributed by atoms with Crippen molar-refractivity contribution < 1.29 is 28.6 Å². The van der Waals surface area contributed by atoms with E-state index < -0.39 is 6.10 Å². The van der Waals surface area contributed by atoms with Crippen LogP contribution in [0.4, 0.5) is 0 Å². The number of carbonyl (C=O) groups excluding carboxylic acids is 3. The van der Waals surface area contributed by atoms with Gasteiger partial charge >= 0.3 is 17.9 Å². The lowest BCUT2D eigenvalue weighted by Crippen LogP contribution is -2.30. The van der Waals surface area contributed by atoms with Gasteiger partial charge in [-0.3, -0.25) is 14.4 Å². The zero-order valence-corrected chi connectivity index (χ0v) is 50.4. The summed E-state index contributed by atoms with van der Waals surface area (Å²) >= 11 is 0. The molecule has 6 nitrogen and oxygen atoms in total. The molecule has 0 radical (unpaired) electrons. The van der Waals surface area contributed by atoms with E-state index in [-0.39, 0.29) is 37.5 Å². The summed E-state index contributed by atoms with van der Waals surface area (Å²) < 4.78 is 16.8. The quantitative estimate of drug-likeness (QED) is 0.0261. The second-order valence-electron chi connectivity index (χ2n) is 21.3. The minimum atomic E-state index is -0.822. The van der Waals surface area contributed by atoms with Gasteiger partial charge in [0.1, 0.15) is 13.2 Å². The largest absolute Gasteiger partial charge is 0.462 e. The van der Waals surface area contributed by atoms with Crippen LogP contribution in [0.2, 0.25) is 0 Å². The van der Waals surface area contributed by atoms with Gasteiger partial charge in [-0.1, -0.05) is 278 Å². The van der Waals surface area contributed by atoms with Crippen molar-refractivity contribution in [3.8, 4) is 0 Å². The molecule has 0 aromatic heterocycles. The van der Waals surface area contributed by atoms with Crippen molar-refractivity contribution >= 4 is 17.9 Å². The summed E-state index contributed by atoms with van der Waals surface area (Å²) in [6.07, 6.45) is 88.4. The molecule has 0 aromatic rings. The van der Waals surface area contributed by atoms with Gasteiger partial charge in [-0.2, -0.15) is 0 Å². The molecule has 0 bridgehead atoms. The zero-order chi connectivity index (χ0) is 55.7. The normalized spacial score (nSPS) is 12.8. The number of allylic oxidation sites excluding steroid dienone is 18. The van der Waals surface area contributed by atoms with Crippen LogP contribution in [0.1, 0.15) is 303 Å². The van der Waals surface area contributed by atoms with Gasteiger partial charge in [0.2, 0.25) is 0 Å². The van der Waals surface area contributed by atoms with Gasteiger partial charge in [0.05, 0.1) is 0 Å². The fourth-order valence-electron chi connectivity index (χ4n) is 8.96. The van der Waals surface area contributed by atoms with Crippen LogP contribution in [0.5, 0.6) is 0 Å². The highest BCUT2D eigenvalue weighted by Gasteiger charge is 2.19. The van der Waals surface area contributed by atoms with Crippen molar-refractivity contribution in [2.75, 3.05) is 13.2 Å². The third kappa shape index (κ3) is 62.8. The highest BCUT2D eigenvalue weighted by molar-refractivity contribution is 5.71. The van der Waals surface area contributed by atoms with Gasteiger partial charge in [0, 0.05) is 19.3 Å². The predicted octanol–water partition coefficient (Wildman–Crippen LogP) is 22.2. The minimum Gasteiger partial charge on any atom is -0.462 e. The van der Waals surface area contributed by atoms with Crippen LogP contribution >= 0.6 is 0 Å². The van der Waals surface area contributed by atoms with Gasteiger partial charge in [0.15, 0.2) is 6.10 Å². The van der Waals surface area contributed by atoms with Crippen LogP contribution in [-0.2, 0) is 28.6 Å². The topological polar surface area (TPSA) is 78.9 Å². The Balaban J connectivity index is 4.29. The minimum absolute atomic E-state index is 0.110. The molecule has 0 aliphatic heterocycles. The molecule has 6 heteroatoms. The van der Waals surface area contributed by atoms with E-state index in [9.17, 15) is 14.4 Å². The molecule has 0 aliphatic carbocycles. The zero-order valence-electron chi connectivity index (χ0n) is 50.4. The van der Waals surface area contributed by atoms with Gasteiger partial charge in [0.25, 0.3) is 0 Å². The molecular weight excluding hydrogens is 949 g/mol. The number of ether oxygens (including phenoxy) is 3. The van der Waals surface area contributed by atoms with Crippen LogP contribution in [0.25, 0.3) is 0 Å². The maximum atomic E-state index is 12.9.